The fraction of sp³-hybridized carbons (Fsp3) is 0.357. The summed E-state index contributed by atoms with van der Waals surface area (Å²) in [6.07, 6.45) is 7.12. The molecule has 2 aromatic heterocycles. The Bertz CT molecular complexity index is 555. The molecule has 0 aromatic carbocycles. The molecule has 0 saturated carbocycles. The highest BCUT2D eigenvalue weighted by Gasteiger charge is 2.23. The maximum absolute atomic E-state index is 5.95. The number of hydrogen-bond acceptors (Lipinski definition) is 6. The standard InChI is InChI=1S/C14H17N5O/c15-12-3-1-6-16-13(12)19-9-4-11(5-10-19)20-14-17-7-2-8-18-14/h1-3,6-8,11H,4-5,9-10,15H2. The maximum atomic E-state index is 5.95. The van der Waals surface area contributed by atoms with Crippen molar-refractivity contribution in [1.82, 2.24) is 15.0 Å². The van der Waals surface area contributed by atoms with Crippen LogP contribution in [0.5, 0.6) is 6.01 Å². The third kappa shape index (κ3) is 2.79. The van der Waals surface area contributed by atoms with Crippen molar-refractivity contribution in [2.45, 2.75) is 18.9 Å². The van der Waals surface area contributed by atoms with E-state index >= 15 is 0 Å². The molecular formula is C14H17N5O. The number of ether oxygens (including phenoxy) is 1. The van der Waals surface area contributed by atoms with Crippen LogP contribution < -0.4 is 15.4 Å². The highest BCUT2D eigenvalue weighted by Crippen LogP contribution is 2.24. The number of aromatic nitrogens is 3. The molecule has 2 aromatic rings. The largest absolute Gasteiger partial charge is 0.460 e. The molecule has 6 heteroatoms. The highest BCUT2D eigenvalue weighted by molar-refractivity contribution is 5.62. The summed E-state index contributed by atoms with van der Waals surface area (Å²) in [5.41, 5.74) is 6.67. The average molecular weight is 271 g/mol. The Hall–Kier alpha value is -2.37. The minimum Gasteiger partial charge on any atom is -0.460 e. The summed E-state index contributed by atoms with van der Waals surface area (Å²) >= 11 is 0. The first-order valence-electron chi connectivity index (χ1n) is 6.72. The fourth-order valence-electron chi connectivity index (χ4n) is 2.35. The second kappa shape index (κ2) is 5.73. The van der Waals surface area contributed by atoms with E-state index in [1.807, 2.05) is 12.1 Å². The Balaban J connectivity index is 1.59. The summed E-state index contributed by atoms with van der Waals surface area (Å²) in [6, 6.07) is 5.95. The number of pyridine rings is 1. The molecule has 1 saturated heterocycles. The van der Waals surface area contributed by atoms with Crippen molar-refractivity contribution in [3.8, 4) is 6.01 Å². The van der Waals surface area contributed by atoms with E-state index in [1.165, 1.54) is 0 Å². The van der Waals surface area contributed by atoms with E-state index in [0.717, 1.165) is 37.4 Å². The Kier molecular flexibility index (Phi) is 3.62. The van der Waals surface area contributed by atoms with E-state index in [9.17, 15) is 0 Å². The van der Waals surface area contributed by atoms with Crippen molar-refractivity contribution < 1.29 is 4.74 Å². The van der Waals surface area contributed by atoms with Crippen LogP contribution in [-0.4, -0.2) is 34.1 Å². The SMILES string of the molecule is Nc1cccnc1N1CCC(Oc2ncccn2)CC1. The third-order valence-electron chi connectivity index (χ3n) is 3.37. The fourth-order valence-corrected chi connectivity index (χ4v) is 2.35. The van der Waals surface area contributed by atoms with Crippen LogP contribution in [0.3, 0.4) is 0 Å². The quantitative estimate of drug-likeness (QED) is 0.911. The normalized spacial score (nSPS) is 16.1. The highest BCUT2D eigenvalue weighted by atomic mass is 16.5. The predicted molar refractivity (Wildman–Crippen MR) is 76.5 cm³/mol. The van der Waals surface area contributed by atoms with Gasteiger partial charge < -0.3 is 15.4 Å². The van der Waals surface area contributed by atoms with Gasteiger partial charge in [0.25, 0.3) is 0 Å². The smallest absolute Gasteiger partial charge is 0.316 e. The lowest BCUT2D eigenvalue weighted by atomic mass is 10.1. The van der Waals surface area contributed by atoms with Crippen molar-refractivity contribution >= 4 is 11.5 Å². The van der Waals surface area contributed by atoms with Crippen LogP contribution in [0.2, 0.25) is 0 Å². The van der Waals surface area contributed by atoms with Crippen molar-refractivity contribution in [2.24, 2.45) is 0 Å². The number of nitrogens with zero attached hydrogens (tertiary/aromatic N) is 4. The second-order valence-electron chi connectivity index (χ2n) is 4.75. The van der Waals surface area contributed by atoms with Gasteiger partial charge in [-0.25, -0.2) is 15.0 Å². The first-order chi connectivity index (χ1) is 9.83. The number of rotatable bonds is 3. The van der Waals surface area contributed by atoms with E-state index in [4.69, 9.17) is 10.5 Å². The molecule has 2 N–H and O–H groups in total. The van der Waals surface area contributed by atoms with Crippen LogP contribution >= 0.6 is 0 Å². The monoisotopic (exact) mass is 271 g/mol. The summed E-state index contributed by atoms with van der Waals surface area (Å²) < 4.78 is 5.77. The first kappa shape index (κ1) is 12.7. The summed E-state index contributed by atoms with van der Waals surface area (Å²) in [4.78, 5) is 14.7. The van der Waals surface area contributed by atoms with Gasteiger partial charge >= 0.3 is 6.01 Å². The van der Waals surface area contributed by atoms with Gasteiger partial charge in [-0.15, -0.1) is 0 Å². The molecular weight excluding hydrogens is 254 g/mol. The Morgan fingerprint density at radius 1 is 1.05 bits per heavy atom. The Morgan fingerprint density at radius 2 is 1.75 bits per heavy atom. The number of hydrogen-bond donors (Lipinski definition) is 1. The van der Waals surface area contributed by atoms with Crippen molar-refractivity contribution in [3.63, 3.8) is 0 Å². The average Bonchev–Trinajstić information content (AvgIpc) is 2.50. The Morgan fingerprint density at radius 3 is 2.45 bits per heavy atom. The predicted octanol–water partition coefficient (Wildman–Crippen LogP) is 1.50. The zero-order chi connectivity index (χ0) is 13.8. The van der Waals surface area contributed by atoms with Crippen LogP contribution in [0.25, 0.3) is 0 Å². The molecule has 1 aliphatic rings. The van der Waals surface area contributed by atoms with Gasteiger partial charge in [0.15, 0.2) is 5.82 Å². The van der Waals surface area contributed by atoms with Gasteiger partial charge in [0.05, 0.1) is 5.69 Å². The lowest BCUT2D eigenvalue weighted by molar-refractivity contribution is 0.156. The second-order valence-corrected chi connectivity index (χ2v) is 4.75. The molecule has 0 unspecified atom stereocenters. The van der Waals surface area contributed by atoms with Gasteiger partial charge in [-0.2, -0.15) is 0 Å². The number of nitrogen functional groups attached to an aromatic ring is 1. The molecule has 0 radical (unpaired) electrons. The molecule has 3 heterocycles. The minimum atomic E-state index is 0.151. The van der Waals surface area contributed by atoms with Gasteiger partial charge in [-0.1, -0.05) is 0 Å². The van der Waals surface area contributed by atoms with E-state index in [1.54, 1.807) is 24.7 Å². The number of anilines is 2. The van der Waals surface area contributed by atoms with Crippen molar-refractivity contribution in [1.29, 1.82) is 0 Å². The van der Waals surface area contributed by atoms with Crippen LogP contribution in [-0.2, 0) is 0 Å². The van der Waals surface area contributed by atoms with E-state index < -0.39 is 0 Å². The minimum absolute atomic E-state index is 0.151. The van der Waals surface area contributed by atoms with Gasteiger partial charge in [0, 0.05) is 44.5 Å². The molecule has 3 rings (SSSR count). The topological polar surface area (TPSA) is 77.2 Å². The molecule has 0 atom stereocenters. The van der Waals surface area contributed by atoms with Gasteiger partial charge in [-0.3, -0.25) is 0 Å². The molecule has 1 aliphatic heterocycles. The van der Waals surface area contributed by atoms with Gasteiger partial charge in [0.1, 0.15) is 6.10 Å². The Labute approximate surface area is 117 Å². The number of piperidine rings is 1. The third-order valence-corrected chi connectivity index (χ3v) is 3.37. The van der Waals surface area contributed by atoms with Gasteiger partial charge in [-0.05, 0) is 18.2 Å². The van der Waals surface area contributed by atoms with E-state index in [-0.39, 0.29) is 6.10 Å². The van der Waals surface area contributed by atoms with E-state index in [2.05, 4.69) is 19.9 Å². The molecule has 1 fully saturated rings. The zero-order valence-electron chi connectivity index (χ0n) is 11.1. The van der Waals surface area contributed by atoms with Gasteiger partial charge in [0.2, 0.25) is 0 Å². The summed E-state index contributed by atoms with van der Waals surface area (Å²) in [5, 5.41) is 0. The van der Waals surface area contributed by atoms with Crippen molar-refractivity contribution in [3.05, 3.63) is 36.8 Å². The summed E-state index contributed by atoms with van der Waals surface area (Å²) in [5.74, 6) is 0.863. The molecule has 0 aliphatic carbocycles. The van der Waals surface area contributed by atoms with Crippen LogP contribution in [0.1, 0.15) is 12.8 Å². The molecule has 0 spiro atoms. The van der Waals surface area contributed by atoms with Crippen LogP contribution in [0.15, 0.2) is 36.8 Å². The lowest BCUT2D eigenvalue weighted by Crippen LogP contribution is -2.39. The maximum Gasteiger partial charge on any atom is 0.316 e. The summed E-state index contributed by atoms with van der Waals surface area (Å²) in [7, 11) is 0. The molecule has 20 heavy (non-hydrogen) atoms. The van der Waals surface area contributed by atoms with E-state index in [0.29, 0.717) is 6.01 Å². The molecule has 0 amide bonds. The summed E-state index contributed by atoms with van der Waals surface area (Å²) in [6.45, 7) is 1.75. The lowest BCUT2D eigenvalue weighted by Gasteiger charge is -2.32. The molecule has 6 nitrogen and oxygen atoms in total. The van der Waals surface area contributed by atoms with Crippen LogP contribution in [0.4, 0.5) is 11.5 Å². The first-order valence-corrected chi connectivity index (χ1v) is 6.72. The van der Waals surface area contributed by atoms with Crippen LogP contribution in [0, 0.1) is 0 Å². The number of nitrogens with two attached hydrogens (primary N) is 1. The molecule has 0 bridgehead atoms. The zero-order valence-corrected chi connectivity index (χ0v) is 11.1. The van der Waals surface area contributed by atoms with Crippen molar-refractivity contribution in [2.75, 3.05) is 23.7 Å². The molecule has 104 valence electrons.